The van der Waals surface area contributed by atoms with Crippen LogP contribution in [0.3, 0.4) is 0 Å². The van der Waals surface area contributed by atoms with Crippen LogP contribution in [0.5, 0.6) is 5.75 Å². The lowest BCUT2D eigenvalue weighted by Crippen LogP contribution is -2.37. The molecule has 3 heterocycles. The van der Waals surface area contributed by atoms with E-state index in [1.807, 2.05) is 36.6 Å². The molecule has 0 N–H and O–H groups in total. The number of aromatic nitrogens is 2. The molecule has 2 aromatic rings. The van der Waals surface area contributed by atoms with Gasteiger partial charge in [0.15, 0.2) is 17.2 Å². The molecule has 0 atom stereocenters. The Bertz CT molecular complexity index is 705. The van der Waals surface area contributed by atoms with E-state index in [1.54, 1.807) is 0 Å². The smallest absolute Gasteiger partial charge is 0.181 e. The molecule has 0 amide bonds. The first-order valence-corrected chi connectivity index (χ1v) is 8.64. The van der Waals surface area contributed by atoms with E-state index in [9.17, 15) is 4.79 Å². The number of hydrogen-bond donors (Lipinski definition) is 0. The van der Waals surface area contributed by atoms with Crippen LogP contribution >= 0.6 is 0 Å². The van der Waals surface area contributed by atoms with Gasteiger partial charge in [-0.2, -0.15) is 0 Å². The lowest BCUT2D eigenvalue weighted by atomic mass is 10.1. The second kappa shape index (κ2) is 7.77. The summed E-state index contributed by atoms with van der Waals surface area (Å²) >= 11 is 0. The molecule has 2 aromatic heterocycles. The molecule has 1 aliphatic rings. The fourth-order valence-corrected chi connectivity index (χ4v) is 3.17. The van der Waals surface area contributed by atoms with E-state index in [-0.39, 0.29) is 5.78 Å². The molecular weight excluding hydrogens is 306 g/mol. The number of rotatable bonds is 7. The Morgan fingerprint density at radius 3 is 2.92 bits per heavy atom. The number of Topliss-reactive ketones (excluding diaryl/α,β-unsaturated/α-hetero) is 1. The Morgan fingerprint density at radius 2 is 2.17 bits per heavy atom. The van der Waals surface area contributed by atoms with Gasteiger partial charge in [-0.15, -0.1) is 0 Å². The molecular formula is C18H25N3O3. The van der Waals surface area contributed by atoms with Gasteiger partial charge in [-0.25, -0.2) is 4.98 Å². The zero-order valence-electron chi connectivity index (χ0n) is 14.5. The summed E-state index contributed by atoms with van der Waals surface area (Å²) in [5.41, 5.74) is 2.15. The Balaban J connectivity index is 1.70. The van der Waals surface area contributed by atoms with Gasteiger partial charge in [0.2, 0.25) is 0 Å². The van der Waals surface area contributed by atoms with Crippen molar-refractivity contribution in [1.29, 1.82) is 0 Å². The predicted octanol–water partition coefficient (Wildman–Crippen LogP) is 2.34. The summed E-state index contributed by atoms with van der Waals surface area (Å²) in [5, 5.41) is 0. The van der Waals surface area contributed by atoms with Crippen molar-refractivity contribution in [2.45, 2.75) is 26.7 Å². The average molecular weight is 331 g/mol. The fourth-order valence-electron chi connectivity index (χ4n) is 3.17. The quantitative estimate of drug-likeness (QED) is 0.729. The molecule has 0 unspecified atom stereocenters. The third-order valence-corrected chi connectivity index (χ3v) is 4.33. The number of aryl methyl sites for hydroxylation is 1. The van der Waals surface area contributed by atoms with Gasteiger partial charge in [-0.1, -0.05) is 0 Å². The van der Waals surface area contributed by atoms with Gasteiger partial charge >= 0.3 is 0 Å². The standard InChI is InChI=1S/C18H25N3O3/c1-3-24-16-7-5-9-21-17(14(2)19-18(16)21)15(22)6-4-8-20-10-12-23-13-11-20/h5,7,9H,3-4,6,8,10-13H2,1-2H3. The van der Waals surface area contributed by atoms with Gasteiger partial charge < -0.3 is 9.47 Å². The van der Waals surface area contributed by atoms with Gasteiger partial charge in [-0.05, 0) is 38.9 Å². The van der Waals surface area contributed by atoms with Crippen molar-refractivity contribution < 1.29 is 14.3 Å². The van der Waals surface area contributed by atoms with Crippen molar-refractivity contribution >= 4 is 11.4 Å². The number of fused-ring (bicyclic) bond motifs is 1. The molecule has 0 aromatic carbocycles. The first kappa shape index (κ1) is 16.9. The maximum Gasteiger partial charge on any atom is 0.181 e. The number of ether oxygens (including phenoxy) is 2. The van der Waals surface area contributed by atoms with Crippen LogP contribution in [-0.4, -0.2) is 59.5 Å². The molecule has 24 heavy (non-hydrogen) atoms. The first-order chi connectivity index (χ1) is 11.7. The summed E-state index contributed by atoms with van der Waals surface area (Å²) in [4.78, 5) is 19.6. The summed E-state index contributed by atoms with van der Waals surface area (Å²) in [6, 6.07) is 3.78. The van der Waals surface area contributed by atoms with Crippen LogP contribution in [0.15, 0.2) is 18.3 Å². The highest BCUT2D eigenvalue weighted by Gasteiger charge is 2.19. The van der Waals surface area contributed by atoms with Crippen LogP contribution in [0.1, 0.15) is 35.9 Å². The average Bonchev–Trinajstić information content (AvgIpc) is 2.93. The highest BCUT2D eigenvalue weighted by atomic mass is 16.5. The van der Waals surface area contributed by atoms with Crippen molar-refractivity contribution in [3.05, 3.63) is 29.7 Å². The van der Waals surface area contributed by atoms with E-state index >= 15 is 0 Å². The van der Waals surface area contributed by atoms with Crippen molar-refractivity contribution in [3.8, 4) is 5.75 Å². The number of nitrogens with zero attached hydrogens (tertiary/aromatic N) is 3. The molecule has 3 rings (SSSR count). The molecule has 6 nitrogen and oxygen atoms in total. The number of imidazole rings is 1. The van der Waals surface area contributed by atoms with E-state index in [1.165, 1.54) is 0 Å². The van der Waals surface area contributed by atoms with E-state index in [2.05, 4.69) is 9.88 Å². The fraction of sp³-hybridized carbons (Fsp3) is 0.556. The zero-order chi connectivity index (χ0) is 16.9. The Labute approximate surface area is 142 Å². The molecule has 0 aliphatic carbocycles. The van der Waals surface area contributed by atoms with Crippen molar-refractivity contribution in [1.82, 2.24) is 14.3 Å². The maximum absolute atomic E-state index is 12.7. The second-order valence-corrected chi connectivity index (χ2v) is 6.03. The van der Waals surface area contributed by atoms with Crippen LogP contribution in [0.25, 0.3) is 5.65 Å². The van der Waals surface area contributed by atoms with E-state index < -0.39 is 0 Å². The number of ketones is 1. The number of hydrogen-bond acceptors (Lipinski definition) is 5. The highest BCUT2D eigenvalue weighted by Crippen LogP contribution is 2.23. The van der Waals surface area contributed by atoms with Gasteiger partial charge in [0, 0.05) is 25.7 Å². The van der Waals surface area contributed by atoms with Crippen LogP contribution in [-0.2, 0) is 4.74 Å². The van der Waals surface area contributed by atoms with Crippen molar-refractivity contribution in [2.24, 2.45) is 0 Å². The lowest BCUT2D eigenvalue weighted by molar-refractivity contribution is 0.0371. The summed E-state index contributed by atoms with van der Waals surface area (Å²) in [6.07, 6.45) is 3.27. The Hall–Kier alpha value is -1.92. The van der Waals surface area contributed by atoms with Crippen LogP contribution in [0.2, 0.25) is 0 Å². The minimum Gasteiger partial charge on any atom is -0.490 e. The molecule has 130 valence electrons. The summed E-state index contributed by atoms with van der Waals surface area (Å²) in [7, 11) is 0. The number of carbonyl (C=O) groups excluding carboxylic acids is 1. The minimum atomic E-state index is 0.141. The van der Waals surface area contributed by atoms with Crippen molar-refractivity contribution in [2.75, 3.05) is 39.5 Å². The molecule has 6 heteroatoms. The maximum atomic E-state index is 12.7. The molecule has 1 saturated heterocycles. The largest absolute Gasteiger partial charge is 0.490 e. The highest BCUT2D eigenvalue weighted by molar-refractivity contribution is 5.96. The molecule has 0 bridgehead atoms. The monoisotopic (exact) mass is 331 g/mol. The zero-order valence-corrected chi connectivity index (χ0v) is 14.5. The van der Waals surface area contributed by atoms with Crippen LogP contribution in [0, 0.1) is 6.92 Å². The lowest BCUT2D eigenvalue weighted by Gasteiger charge is -2.26. The van der Waals surface area contributed by atoms with E-state index in [4.69, 9.17) is 9.47 Å². The number of carbonyl (C=O) groups is 1. The Morgan fingerprint density at radius 1 is 1.38 bits per heavy atom. The van der Waals surface area contributed by atoms with E-state index in [0.29, 0.717) is 24.4 Å². The Kier molecular flexibility index (Phi) is 5.48. The van der Waals surface area contributed by atoms with Crippen LogP contribution < -0.4 is 4.74 Å². The molecule has 1 aliphatic heterocycles. The van der Waals surface area contributed by atoms with Gasteiger partial charge in [0.25, 0.3) is 0 Å². The topological polar surface area (TPSA) is 56.1 Å². The number of morpholine rings is 1. The van der Waals surface area contributed by atoms with Gasteiger partial charge in [0.05, 0.1) is 25.5 Å². The van der Waals surface area contributed by atoms with Gasteiger partial charge in [0.1, 0.15) is 5.69 Å². The molecule has 0 spiro atoms. The number of pyridine rings is 1. The summed E-state index contributed by atoms with van der Waals surface area (Å²) in [6.45, 7) is 8.85. The molecule has 1 fully saturated rings. The third kappa shape index (κ3) is 3.60. The van der Waals surface area contributed by atoms with Crippen molar-refractivity contribution in [3.63, 3.8) is 0 Å². The second-order valence-electron chi connectivity index (χ2n) is 6.03. The molecule has 0 radical (unpaired) electrons. The predicted molar refractivity (Wildman–Crippen MR) is 91.9 cm³/mol. The SMILES string of the molecule is CCOc1cccn2c(C(=O)CCCN3CCOCC3)c(C)nc12. The minimum absolute atomic E-state index is 0.141. The third-order valence-electron chi connectivity index (χ3n) is 4.33. The normalized spacial score (nSPS) is 15.8. The van der Waals surface area contributed by atoms with E-state index in [0.717, 1.165) is 50.7 Å². The van der Waals surface area contributed by atoms with Gasteiger partial charge in [-0.3, -0.25) is 14.1 Å². The molecule has 0 saturated carbocycles. The summed E-state index contributed by atoms with van der Waals surface area (Å²) in [5.74, 6) is 0.859. The summed E-state index contributed by atoms with van der Waals surface area (Å²) < 4.78 is 12.8. The van der Waals surface area contributed by atoms with Crippen LogP contribution in [0.4, 0.5) is 0 Å². The first-order valence-electron chi connectivity index (χ1n) is 8.64.